The summed E-state index contributed by atoms with van der Waals surface area (Å²) in [6, 6.07) is 8.99. The molecule has 3 N–H and O–H groups in total. The molecule has 0 heterocycles. The lowest BCUT2D eigenvalue weighted by atomic mass is 10.1. The fourth-order valence-electron chi connectivity index (χ4n) is 2.40. The molecule has 0 saturated heterocycles. The highest BCUT2D eigenvalue weighted by molar-refractivity contribution is 6.34. The normalized spacial score (nSPS) is 10.5. The number of carboxylic acids is 1. The molecule has 0 unspecified atom stereocenters. The number of aryl methyl sites for hydroxylation is 2. The summed E-state index contributed by atoms with van der Waals surface area (Å²) in [6.07, 6.45) is 0. The number of anilines is 3. The van der Waals surface area contributed by atoms with Gasteiger partial charge in [0.1, 0.15) is 0 Å². The Bertz CT molecular complexity index is 693. The van der Waals surface area contributed by atoms with Crippen molar-refractivity contribution >= 4 is 34.6 Å². The van der Waals surface area contributed by atoms with Crippen molar-refractivity contribution in [2.45, 2.75) is 13.8 Å². The van der Waals surface area contributed by atoms with Crippen LogP contribution in [0.25, 0.3) is 0 Å². The number of hydrogen-bond donors (Lipinski definition) is 2. The summed E-state index contributed by atoms with van der Waals surface area (Å²) in [5.74, 6) is -1.06. The van der Waals surface area contributed by atoms with E-state index in [0.717, 1.165) is 16.8 Å². The molecule has 2 aromatic carbocycles. The van der Waals surface area contributed by atoms with Crippen LogP contribution >= 0.6 is 11.6 Å². The first-order valence-electron chi connectivity index (χ1n) is 6.44. The summed E-state index contributed by atoms with van der Waals surface area (Å²) in [5.41, 5.74) is 9.61. The number of nitrogen functional groups attached to an aromatic ring is 1. The van der Waals surface area contributed by atoms with Gasteiger partial charge in [0, 0.05) is 18.4 Å². The average molecular weight is 305 g/mol. The molecule has 110 valence electrons. The van der Waals surface area contributed by atoms with E-state index in [1.807, 2.05) is 26.0 Å². The molecule has 0 aliphatic carbocycles. The molecule has 4 nitrogen and oxygen atoms in total. The number of carbonyl (C=O) groups is 1. The van der Waals surface area contributed by atoms with Gasteiger partial charge in [-0.1, -0.05) is 17.7 Å². The zero-order valence-corrected chi connectivity index (χ0v) is 12.9. The number of rotatable bonds is 3. The molecule has 0 atom stereocenters. The molecule has 0 aliphatic rings. The number of nitrogens with zero attached hydrogens (tertiary/aromatic N) is 1. The van der Waals surface area contributed by atoms with Gasteiger partial charge in [0.25, 0.3) is 0 Å². The smallest absolute Gasteiger partial charge is 0.337 e. The average Bonchev–Trinajstić information content (AvgIpc) is 2.35. The van der Waals surface area contributed by atoms with Gasteiger partial charge in [-0.15, -0.1) is 0 Å². The molecular formula is C16H17ClN2O2. The Morgan fingerprint density at radius 3 is 2.24 bits per heavy atom. The van der Waals surface area contributed by atoms with E-state index < -0.39 is 5.97 Å². The second kappa shape index (κ2) is 5.66. The number of hydrogen-bond acceptors (Lipinski definition) is 3. The maximum atomic E-state index is 11.5. The Balaban J connectivity index is 2.62. The number of aromatic carboxylic acids is 1. The zero-order chi connectivity index (χ0) is 15.7. The van der Waals surface area contributed by atoms with Crippen molar-refractivity contribution in [3.63, 3.8) is 0 Å². The molecule has 0 saturated carbocycles. The van der Waals surface area contributed by atoms with Crippen LogP contribution in [0.3, 0.4) is 0 Å². The number of halogens is 1. The van der Waals surface area contributed by atoms with E-state index >= 15 is 0 Å². The molecule has 5 heteroatoms. The molecule has 2 rings (SSSR count). The topological polar surface area (TPSA) is 66.6 Å². The molecule has 0 aromatic heterocycles. The van der Waals surface area contributed by atoms with E-state index in [4.69, 9.17) is 17.3 Å². The standard InChI is InChI=1S/C16H17ClN2O2/c1-9-4-10(2)6-12(5-9)19(3)15-13(16(20)21)7-11(18)8-14(15)17/h4-8H,18H2,1-3H3,(H,20,21). The lowest BCUT2D eigenvalue weighted by molar-refractivity contribution is 0.0697. The summed E-state index contributed by atoms with van der Waals surface area (Å²) in [4.78, 5) is 13.2. The van der Waals surface area contributed by atoms with Crippen molar-refractivity contribution in [3.05, 3.63) is 52.0 Å². The van der Waals surface area contributed by atoms with Crippen LogP contribution < -0.4 is 10.6 Å². The second-order valence-electron chi connectivity index (χ2n) is 5.11. The van der Waals surface area contributed by atoms with E-state index in [2.05, 4.69) is 6.07 Å². The van der Waals surface area contributed by atoms with Gasteiger partial charge >= 0.3 is 5.97 Å². The third-order valence-electron chi connectivity index (χ3n) is 3.25. The number of carboxylic acid groups (broad SMARTS) is 1. The summed E-state index contributed by atoms with van der Waals surface area (Å²) in [6.45, 7) is 3.99. The first kappa shape index (κ1) is 15.2. The summed E-state index contributed by atoms with van der Waals surface area (Å²) in [7, 11) is 1.79. The molecule has 2 aromatic rings. The summed E-state index contributed by atoms with van der Waals surface area (Å²) >= 11 is 6.22. The van der Waals surface area contributed by atoms with E-state index in [9.17, 15) is 9.90 Å². The van der Waals surface area contributed by atoms with Crippen LogP contribution in [0.5, 0.6) is 0 Å². The van der Waals surface area contributed by atoms with Crippen molar-refractivity contribution in [3.8, 4) is 0 Å². The predicted molar refractivity (Wildman–Crippen MR) is 86.8 cm³/mol. The minimum Gasteiger partial charge on any atom is -0.478 e. The molecule has 0 aliphatic heterocycles. The van der Waals surface area contributed by atoms with Gasteiger partial charge in [-0.05, 0) is 49.2 Å². The van der Waals surface area contributed by atoms with Crippen LogP contribution in [0.4, 0.5) is 17.1 Å². The van der Waals surface area contributed by atoms with Gasteiger partial charge < -0.3 is 15.7 Å². The highest BCUT2D eigenvalue weighted by atomic mass is 35.5. The van der Waals surface area contributed by atoms with E-state index in [1.165, 1.54) is 6.07 Å². The third-order valence-corrected chi connectivity index (χ3v) is 3.53. The van der Waals surface area contributed by atoms with Crippen molar-refractivity contribution in [2.24, 2.45) is 0 Å². The molecule has 0 radical (unpaired) electrons. The molecule has 0 bridgehead atoms. The van der Waals surface area contributed by atoms with Crippen molar-refractivity contribution in [2.75, 3.05) is 17.7 Å². The zero-order valence-electron chi connectivity index (χ0n) is 12.1. The fraction of sp³-hybridized carbons (Fsp3) is 0.188. The Morgan fingerprint density at radius 2 is 1.71 bits per heavy atom. The van der Waals surface area contributed by atoms with Gasteiger partial charge in [0.05, 0.1) is 16.3 Å². The van der Waals surface area contributed by atoms with Gasteiger partial charge in [0.2, 0.25) is 0 Å². The third kappa shape index (κ3) is 3.11. The lowest BCUT2D eigenvalue weighted by Gasteiger charge is -2.24. The van der Waals surface area contributed by atoms with E-state index in [0.29, 0.717) is 16.4 Å². The summed E-state index contributed by atoms with van der Waals surface area (Å²) < 4.78 is 0. The molecule has 0 spiro atoms. The van der Waals surface area contributed by atoms with Gasteiger partial charge in [-0.25, -0.2) is 4.79 Å². The SMILES string of the molecule is Cc1cc(C)cc(N(C)c2c(Cl)cc(N)cc2C(=O)O)c1. The lowest BCUT2D eigenvalue weighted by Crippen LogP contribution is -2.15. The first-order valence-corrected chi connectivity index (χ1v) is 6.81. The largest absolute Gasteiger partial charge is 0.478 e. The minimum atomic E-state index is -1.06. The molecular weight excluding hydrogens is 288 g/mol. The minimum absolute atomic E-state index is 0.0849. The van der Waals surface area contributed by atoms with E-state index in [-0.39, 0.29) is 5.56 Å². The monoisotopic (exact) mass is 304 g/mol. The summed E-state index contributed by atoms with van der Waals surface area (Å²) in [5, 5.41) is 9.69. The van der Waals surface area contributed by atoms with Gasteiger partial charge in [0.15, 0.2) is 0 Å². The van der Waals surface area contributed by atoms with Gasteiger partial charge in [-0.3, -0.25) is 0 Å². The maximum absolute atomic E-state index is 11.5. The first-order chi connectivity index (χ1) is 9.79. The molecule has 21 heavy (non-hydrogen) atoms. The predicted octanol–water partition coefficient (Wildman–Crippen LogP) is 4.01. The van der Waals surface area contributed by atoms with Gasteiger partial charge in [-0.2, -0.15) is 0 Å². The fourth-order valence-corrected chi connectivity index (χ4v) is 2.75. The molecule has 0 amide bonds. The van der Waals surface area contributed by atoms with E-state index in [1.54, 1.807) is 18.0 Å². The van der Waals surface area contributed by atoms with Crippen LogP contribution in [0.1, 0.15) is 21.5 Å². The number of nitrogens with two attached hydrogens (primary N) is 1. The van der Waals surface area contributed by atoms with Crippen molar-refractivity contribution in [1.29, 1.82) is 0 Å². The maximum Gasteiger partial charge on any atom is 0.337 e. The Hall–Kier alpha value is -2.20. The second-order valence-corrected chi connectivity index (χ2v) is 5.52. The highest BCUT2D eigenvalue weighted by Gasteiger charge is 2.19. The van der Waals surface area contributed by atoms with Crippen LogP contribution in [0, 0.1) is 13.8 Å². The van der Waals surface area contributed by atoms with Crippen molar-refractivity contribution < 1.29 is 9.90 Å². The Labute approximate surface area is 128 Å². The van der Waals surface area contributed by atoms with Crippen LogP contribution in [0.2, 0.25) is 5.02 Å². The Morgan fingerprint density at radius 1 is 1.14 bits per heavy atom. The van der Waals surface area contributed by atoms with Crippen LogP contribution in [0.15, 0.2) is 30.3 Å². The van der Waals surface area contributed by atoms with Crippen molar-refractivity contribution in [1.82, 2.24) is 0 Å². The van der Waals surface area contributed by atoms with Crippen LogP contribution in [-0.4, -0.2) is 18.1 Å². The van der Waals surface area contributed by atoms with Crippen LogP contribution in [-0.2, 0) is 0 Å². The molecule has 0 fully saturated rings. The highest BCUT2D eigenvalue weighted by Crippen LogP contribution is 2.36. The Kier molecular flexibility index (Phi) is 4.09. The quantitative estimate of drug-likeness (QED) is 0.841. The number of benzene rings is 2.